The fourth-order valence-electron chi connectivity index (χ4n) is 2.03. The molecular formula is C16H14F4N2O3S. The first-order valence-corrected chi connectivity index (χ1v) is 8.71. The quantitative estimate of drug-likeness (QED) is 0.770. The summed E-state index contributed by atoms with van der Waals surface area (Å²) >= 11 is 0. The van der Waals surface area contributed by atoms with Crippen LogP contribution < -0.4 is 10.0 Å². The number of amides is 1. The number of aryl methyl sites for hydroxylation is 1. The third kappa shape index (κ3) is 4.94. The molecule has 0 fully saturated rings. The maximum Gasteiger partial charge on any atom is 0.405 e. The zero-order valence-electron chi connectivity index (χ0n) is 13.4. The van der Waals surface area contributed by atoms with Gasteiger partial charge in [0.1, 0.15) is 12.4 Å². The van der Waals surface area contributed by atoms with Crippen LogP contribution in [-0.4, -0.2) is 27.0 Å². The van der Waals surface area contributed by atoms with Crippen LogP contribution in [0.15, 0.2) is 47.4 Å². The largest absolute Gasteiger partial charge is 0.405 e. The zero-order valence-corrected chi connectivity index (χ0v) is 14.2. The van der Waals surface area contributed by atoms with Crippen LogP contribution in [0.4, 0.5) is 23.2 Å². The number of hydrogen-bond donors (Lipinski definition) is 2. The van der Waals surface area contributed by atoms with Crippen molar-refractivity contribution in [1.82, 2.24) is 5.32 Å². The molecule has 2 N–H and O–H groups in total. The minimum Gasteiger partial charge on any atom is -0.343 e. The minimum atomic E-state index is -4.60. The van der Waals surface area contributed by atoms with Crippen LogP contribution in [0.3, 0.4) is 0 Å². The molecule has 1 amide bonds. The van der Waals surface area contributed by atoms with Crippen molar-refractivity contribution in [2.45, 2.75) is 18.0 Å². The van der Waals surface area contributed by atoms with Gasteiger partial charge in [-0.05, 0) is 42.8 Å². The third-order valence-electron chi connectivity index (χ3n) is 3.31. The van der Waals surface area contributed by atoms with Crippen molar-refractivity contribution >= 4 is 21.6 Å². The molecule has 0 saturated carbocycles. The van der Waals surface area contributed by atoms with E-state index in [0.717, 1.165) is 18.2 Å². The Kier molecular flexibility index (Phi) is 5.55. The van der Waals surface area contributed by atoms with Crippen molar-refractivity contribution in [3.8, 4) is 0 Å². The Labute approximate surface area is 147 Å². The summed E-state index contributed by atoms with van der Waals surface area (Å²) in [5, 5.41) is 1.67. The van der Waals surface area contributed by atoms with Gasteiger partial charge in [0.25, 0.3) is 15.9 Å². The molecule has 0 bridgehead atoms. The third-order valence-corrected chi connectivity index (χ3v) is 4.67. The smallest absolute Gasteiger partial charge is 0.343 e. The number of anilines is 1. The molecule has 0 saturated heterocycles. The molecule has 140 valence electrons. The van der Waals surface area contributed by atoms with Gasteiger partial charge in [0.05, 0.1) is 16.1 Å². The van der Waals surface area contributed by atoms with Crippen LogP contribution in [0.25, 0.3) is 0 Å². The molecule has 0 radical (unpaired) electrons. The van der Waals surface area contributed by atoms with E-state index in [1.165, 1.54) is 31.2 Å². The molecule has 26 heavy (non-hydrogen) atoms. The predicted octanol–water partition coefficient (Wildman–Crippen LogP) is 3.23. The Balaban J connectivity index is 2.29. The van der Waals surface area contributed by atoms with E-state index >= 15 is 0 Å². The molecule has 0 aliphatic rings. The van der Waals surface area contributed by atoms with E-state index < -0.39 is 34.5 Å². The second-order valence-corrected chi connectivity index (χ2v) is 7.04. The molecule has 2 aromatic carbocycles. The standard InChI is InChI=1S/C16H14F4N2O3S/c1-10-8-11(6-7-13(10)17)26(24,25)22-14-5-3-2-4-12(14)15(23)21-9-16(18,19)20/h2-8,22H,9H2,1H3,(H,21,23). The maximum atomic E-state index is 13.3. The van der Waals surface area contributed by atoms with E-state index in [1.54, 1.807) is 5.32 Å². The first kappa shape index (κ1) is 19.7. The summed E-state index contributed by atoms with van der Waals surface area (Å²) in [7, 11) is -4.17. The van der Waals surface area contributed by atoms with Crippen LogP contribution >= 0.6 is 0 Å². The topological polar surface area (TPSA) is 75.3 Å². The van der Waals surface area contributed by atoms with E-state index in [4.69, 9.17) is 0 Å². The number of carbonyl (C=O) groups excluding carboxylic acids is 1. The van der Waals surface area contributed by atoms with Gasteiger partial charge < -0.3 is 5.32 Å². The van der Waals surface area contributed by atoms with Gasteiger partial charge in [0, 0.05) is 0 Å². The van der Waals surface area contributed by atoms with E-state index in [1.807, 2.05) is 0 Å². The number of carbonyl (C=O) groups is 1. The summed E-state index contributed by atoms with van der Waals surface area (Å²) in [6.07, 6.45) is -4.60. The van der Waals surface area contributed by atoms with Crippen LogP contribution in [0.2, 0.25) is 0 Å². The van der Waals surface area contributed by atoms with Gasteiger partial charge in [-0.25, -0.2) is 12.8 Å². The molecular weight excluding hydrogens is 376 g/mol. The monoisotopic (exact) mass is 390 g/mol. The minimum absolute atomic E-state index is 0.101. The van der Waals surface area contributed by atoms with E-state index in [2.05, 4.69) is 4.72 Å². The summed E-state index contributed by atoms with van der Waals surface area (Å²) in [6, 6.07) is 8.32. The average molecular weight is 390 g/mol. The van der Waals surface area contributed by atoms with Crippen LogP contribution in [0.1, 0.15) is 15.9 Å². The lowest BCUT2D eigenvalue weighted by molar-refractivity contribution is -0.123. The number of nitrogens with one attached hydrogen (secondary N) is 2. The molecule has 0 heterocycles. The van der Waals surface area contributed by atoms with Gasteiger partial charge in [-0.3, -0.25) is 9.52 Å². The second kappa shape index (κ2) is 7.32. The average Bonchev–Trinajstić information content (AvgIpc) is 2.54. The van der Waals surface area contributed by atoms with Gasteiger partial charge in [-0.15, -0.1) is 0 Å². The Bertz CT molecular complexity index is 927. The summed E-state index contributed by atoms with van der Waals surface area (Å²) in [5.41, 5.74) is -0.377. The molecule has 5 nitrogen and oxygen atoms in total. The van der Waals surface area contributed by atoms with Crippen molar-refractivity contribution in [3.63, 3.8) is 0 Å². The highest BCUT2D eigenvalue weighted by Crippen LogP contribution is 2.22. The maximum absolute atomic E-state index is 13.3. The second-order valence-electron chi connectivity index (χ2n) is 5.36. The van der Waals surface area contributed by atoms with Crippen LogP contribution in [0, 0.1) is 12.7 Å². The van der Waals surface area contributed by atoms with E-state index in [0.29, 0.717) is 0 Å². The van der Waals surface area contributed by atoms with Gasteiger partial charge in [-0.2, -0.15) is 13.2 Å². The van der Waals surface area contributed by atoms with E-state index in [9.17, 15) is 30.8 Å². The fraction of sp³-hybridized carbons (Fsp3) is 0.188. The first-order chi connectivity index (χ1) is 12.0. The lowest BCUT2D eigenvalue weighted by Gasteiger charge is -2.14. The summed E-state index contributed by atoms with van der Waals surface area (Å²) in [5.74, 6) is -1.67. The van der Waals surface area contributed by atoms with Crippen molar-refractivity contribution in [2.24, 2.45) is 0 Å². The summed E-state index contributed by atoms with van der Waals surface area (Å²) in [4.78, 5) is 11.7. The van der Waals surface area contributed by atoms with Gasteiger partial charge in [-0.1, -0.05) is 12.1 Å². The van der Waals surface area contributed by atoms with Crippen LogP contribution in [-0.2, 0) is 10.0 Å². The normalized spacial score (nSPS) is 11.9. The zero-order chi connectivity index (χ0) is 19.5. The molecule has 0 spiro atoms. The SMILES string of the molecule is Cc1cc(S(=O)(=O)Nc2ccccc2C(=O)NCC(F)(F)F)ccc1F. The van der Waals surface area contributed by atoms with Gasteiger partial charge in [0.2, 0.25) is 0 Å². The lowest BCUT2D eigenvalue weighted by atomic mass is 10.1. The first-order valence-electron chi connectivity index (χ1n) is 7.22. The fourth-order valence-corrected chi connectivity index (χ4v) is 3.20. The molecule has 2 aromatic rings. The summed E-state index contributed by atoms with van der Waals surface area (Å²) < 4.78 is 77.0. The van der Waals surface area contributed by atoms with Gasteiger partial charge >= 0.3 is 6.18 Å². The molecule has 0 aromatic heterocycles. The van der Waals surface area contributed by atoms with Crippen molar-refractivity contribution in [1.29, 1.82) is 0 Å². The van der Waals surface area contributed by atoms with Crippen molar-refractivity contribution in [2.75, 3.05) is 11.3 Å². The lowest BCUT2D eigenvalue weighted by Crippen LogP contribution is -2.34. The van der Waals surface area contributed by atoms with Gasteiger partial charge in [0.15, 0.2) is 0 Å². The molecule has 10 heteroatoms. The Hall–Kier alpha value is -2.62. The molecule has 0 aliphatic carbocycles. The highest BCUT2D eigenvalue weighted by molar-refractivity contribution is 7.92. The summed E-state index contributed by atoms with van der Waals surface area (Å²) in [6.45, 7) is -0.170. The number of hydrogen-bond acceptors (Lipinski definition) is 3. The van der Waals surface area contributed by atoms with E-state index in [-0.39, 0.29) is 21.7 Å². The molecule has 0 atom stereocenters. The molecule has 0 aliphatic heterocycles. The highest BCUT2D eigenvalue weighted by Gasteiger charge is 2.28. The highest BCUT2D eigenvalue weighted by atomic mass is 32.2. The number of para-hydroxylation sites is 1. The Morgan fingerprint density at radius 2 is 1.77 bits per heavy atom. The Morgan fingerprint density at radius 3 is 2.38 bits per heavy atom. The molecule has 0 unspecified atom stereocenters. The Morgan fingerprint density at radius 1 is 1.12 bits per heavy atom. The number of halogens is 4. The number of rotatable bonds is 5. The predicted molar refractivity (Wildman–Crippen MR) is 86.8 cm³/mol. The number of benzene rings is 2. The van der Waals surface area contributed by atoms with Crippen LogP contribution in [0.5, 0.6) is 0 Å². The molecule has 2 rings (SSSR count). The number of sulfonamides is 1. The van der Waals surface area contributed by atoms with Crippen molar-refractivity contribution in [3.05, 3.63) is 59.4 Å². The number of alkyl halides is 3. The van der Waals surface area contributed by atoms with Crippen molar-refractivity contribution < 1.29 is 30.8 Å².